The van der Waals surface area contributed by atoms with Crippen molar-refractivity contribution in [3.05, 3.63) is 65.2 Å². The molecule has 0 heterocycles. The number of carbonyl (C=O) groups is 1. The molecule has 0 saturated heterocycles. The molecule has 0 fully saturated rings. The predicted molar refractivity (Wildman–Crippen MR) is 81.5 cm³/mol. The lowest BCUT2D eigenvalue weighted by molar-refractivity contribution is 0.102. The molecule has 0 aliphatic carbocycles. The third-order valence-corrected chi connectivity index (χ3v) is 2.78. The highest BCUT2D eigenvalue weighted by molar-refractivity contribution is 6.05. The van der Waals surface area contributed by atoms with Crippen molar-refractivity contribution in [1.29, 1.82) is 5.26 Å². The number of nitrogens with two attached hydrogens (primary N) is 1. The fourth-order valence-electron chi connectivity index (χ4n) is 1.74. The number of para-hydroxylation sites is 1. The normalized spacial score (nSPS) is 9.14. The Labute approximate surface area is 123 Å². The van der Waals surface area contributed by atoms with Gasteiger partial charge in [-0.15, -0.1) is 0 Å². The Morgan fingerprint density at radius 2 is 1.86 bits per heavy atom. The number of hydrogen-bond donors (Lipinski definition) is 2. The first-order valence-electron chi connectivity index (χ1n) is 6.34. The summed E-state index contributed by atoms with van der Waals surface area (Å²) in [6, 6.07) is 15.7. The predicted octanol–water partition coefficient (Wildman–Crippen LogP) is 2.12. The van der Waals surface area contributed by atoms with Crippen LogP contribution in [0, 0.1) is 23.2 Å². The van der Waals surface area contributed by atoms with Crippen molar-refractivity contribution in [2.75, 3.05) is 11.9 Å². The van der Waals surface area contributed by atoms with Gasteiger partial charge in [0.2, 0.25) is 0 Å². The van der Waals surface area contributed by atoms with Crippen LogP contribution in [0.3, 0.4) is 0 Å². The number of anilines is 1. The molecular weight excluding hydrogens is 262 g/mol. The van der Waals surface area contributed by atoms with E-state index < -0.39 is 0 Å². The maximum atomic E-state index is 12.2. The molecule has 2 aromatic carbocycles. The molecule has 0 radical (unpaired) electrons. The van der Waals surface area contributed by atoms with E-state index in [-0.39, 0.29) is 12.5 Å². The summed E-state index contributed by atoms with van der Waals surface area (Å²) in [6.07, 6.45) is 0. The molecule has 0 atom stereocenters. The molecule has 4 heteroatoms. The fraction of sp³-hybridized carbons (Fsp3) is 0.0588. The van der Waals surface area contributed by atoms with Crippen LogP contribution in [0.5, 0.6) is 0 Å². The van der Waals surface area contributed by atoms with Gasteiger partial charge in [0.25, 0.3) is 5.91 Å². The van der Waals surface area contributed by atoms with Crippen LogP contribution in [0.15, 0.2) is 48.5 Å². The Balaban J connectivity index is 2.21. The van der Waals surface area contributed by atoms with E-state index >= 15 is 0 Å². The van der Waals surface area contributed by atoms with Gasteiger partial charge in [0.15, 0.2) is 0 Å². The second-order valence-corrected chi connectivity index (χ2v) is 4.19. The van der Waals surface area contributed by atoms with Crippen molar-refractivity contribution in [2.45, 2.75) is 0 Å². The largest absolute Gasteiger partial charge is 0.321 e. The van der Waals surface area contributed by atoms with E-state index in [1.165, 1.54) is 0 Å². The third-order valence-electron chi connectivity index (χ3n) is 2.78. The molecule has 0 aliphatic heterocycles. The molecule has 0 spiro atoms. The van der Waals surface area contributed by atoms with Crippen molar-refractivity contribution in [2.24, 2.45) is 5.73 Å². The summed E-state index contributed by atoms with van der Waals surface area (Å²) in [5.74, 6) is 5.43. The molecule has 102 valence electrons. The molecule has 2 aromatic rings. The number of nitriles is 1. The highest BCUT2D eigenvalue weighted by Gasteiger charge is 2.08. The molecule has 0 aliphatic rings. The molecule has 2 rings (SSSR count). The number of carbonyl (C=O) groups excluding carboxylic acids is 1. The van der Waals surface area contributed by atoms with Crippen LogP contribution < -0.4 is 11.1 Å². The van der Waals surface area contributed by atoms with Gasteiger partial charge >= 0.3 is 0 Å². The van der Waals surface area contributed by atoms with Gasteiger partial charge in [-0.1, -0.05) is 24.0 Å². The van der Waals surface area contributed by atoms with Crippen molar-refractivity contribution in [1.82, 2.24) is 0 Å². The topological polar surface area (TPSA) is 78.9 Å². The summed E-state index contributed by atoms with van der Waals surface area (Å²) >= 11 is 0. The maximum Gasteiger partial charge on any atom is 0.255 e. The van der Waals surface area contributed by atoms with E-state index in [1.54, 1.807) is 30.3 Å². The summed E-state index contributed by atoms with van der Waals surface area (Å²) in [7, 11) is 0. The molecule has 0 unspecified atom stereocenters. The van der Waals surface area contributed by atoms with Gasteiger partial charge in [-0.2, -0.15) is 5.26 Å². The zero-order valence-electron chi connectivity index (χ0n) is 11.3. The number of nitrogens with one attached hydrogen (secondary N) is 1. The van der Waals surface area contributed by atoms with Crippen LogP contribution in [0.2, 0.25) is 0 Å². The van der Waals surface area contributed by atoms with Crippen molar-refractivity contribution in [3.8, 4) is 17.9 Å². The van der Waals surface area contributed by atoms with Gasteiger partial charge in [-0.3, -0.25) is 4.79 Å². The number of amides is 1. The quantitative estimate of drug-likeness (QED) is 0.824. The van der Waals surface area contributed by atoms with Crippen LogP contribution in [0.1, 0.15) is 21.5 Å². The Morgan fingerprint density at radius 3 is 2.52 bits per heavy atom. The van der Waals surface area contributed by atoms with E-state index in [0.717, 1.165) is 0 Å². The Kier molecular flexibility index (Phi) is 4.71. The SMILES string of the molecule is N#Cc1ccc(C(=O)Nc2ccccc2C#CCN)cc1. The molecule has 0 saturated carbocycles. The maximum absolute atomic E-state index is 12.2. The zero-order chi connectivity index (χ0) is 15.1. The number of nitrogens with zero attached hydrogens (tertiary/aromatic N) is 1. The van der Waals surface area contributed by atoms with Gasteiger partial charge in [-0.05, 0) is 36.4 Å². The standard InChI is InChI=1S/C17H13N3O/c18-11-3-5-14-4-1-2-6-16(14)20-17(21)15-9-7-13(12-19)8-10-15/h1-2,4,6-10H,11,18H2,(H,20,21). The lowest BCUT2D eigenvalue weighted by Gasteiger charge is -2.07. The zero-order valence-corrected chi connectivity index (χ0v) is 11.3. The van der Waals surface area contributed by atoms with Gasteiger partial charge in [0.05, 0.1) is 23.9 Å². The summed E-state index contributed by atoms with van der Waals surface area (Å²) in [4.78, 5) is 12.2. The summed E-state index contributed by atoms with van der Waals surface area (Å²) < 4.78 is 0. The second kappa shape index (κ2) is 6.91. The van der Waals surface area contributed by atoms with E-state index in [0.29, 0.717) is 22.4 Å². The number of hydrogen-bond acceptors (Lipinski definition) is 3. The first-order chi connectivity index (χ1) is 10.2. The van der Waals surface area contributed by atoms with Gasteiger partial charge in [0, 0.05) is 11.1 Å². The fourth-order valence-corrected chi connectivity index (χ4v) is 1.74. The molecule has 4 nitrogen and oxygen atoms in total. The van der Waals surface area contributed by atoms with E-state index in [1.807, 2.05) is 24.3 Å². The van der Waals surface area contributed by atoms with Crippen molar-refractivity contribution < 1.29 is 4.79 Å². The molecule has 1 amide bonds. The van der Waals surface area contributed by atoms with Crippen LogP contribution in [0.25, 0.3) is 0 Å². The highest BCUT2D eigenvalue weighted by Crippen LogP contribution is 2.15. The average molecular weight is 275 g/mol. The van der Waals surface area contributed by atoms with E-state index in [4.69, 9.17) is 11.0 Å². The highest BCUT2D eigenvalue weighted by atomic mass is 16.1. The number of rotatable bonds is 2. The molecular formula is C17H13N3O. The van der Waals surface area contributed by atoms with Crippen LogP contribution >= 0.6 is 0 Å². The first-order valence-corrected chi connectivity index (χ1v) is 6.34. The Bertz CT molecular complexity index is 746. The van der Waals surface area contributed by atoms with Gasteiger partial charge < -0.3 is 11.1 Å². The summed E-state index contributed by atoms with van der Waals surface area (Å²) in [6.45, 7) is 0.262. The molecule has 0 aromatic heterocycles. The van der Waals surface area contributed by atoms with E-state index in [2.05, 4.69) is 17.2 Å². The average Bonchev–Trinajstić information content (AvgIpc) is 2.54. The lowest BCUT2D eigenvalue weighted by atomic mass is 10.1. The van der Waals surface area contributed by atoms with Crippen molar-refractivity contribution >= 4 is 11.6 Å². The van der Waals surface area contributed by atoms with Crippen LogP contribution in [0.4, 0.5) is 5.69 Å². The Morgan fingerprint density at radius 1 is 1.14 bits per heavy atom. The van der Waals surface area contributed by atoms with Gasteiger partial charge in [0.1, 0.15) is 0 Å². The Hall–Kier alpha value is -3.08. The van der Waals surface area contributed by atoms with Crippen LogP contribution in [-0.4, -0.2) is 12.5 Å². The minimum absolute atomic E-state index is 0.249. The lowest BCUT2D eigenvalue weighted by Crippen LogP contribution is -2.12. The van der Waals surface area contributed by atoms with Crippen molar-refractivity contribution in [3.63, 3.8) is 0 Å². The number of benzene rings is 2. The molecule has 0 bridgehead atoms. The first kappa shape index (κ1) is 14.3. The van der Waals surface area contributed by atoms with E-state index in [9.17, 15) is 4.79 Å². The monoisotopic (exact) mass is 275 g/mol. The second-order valence-electron chi connectivity index (χ2n) is 4.19. The minimum Gasteiger partial charge on any atom is -0.321 e. The summed E-state index contributed by atoms with van der Waals surface area (Å²) in [5.41, 5.74) is 7.70. The van der Waals surface area contributed by atoms with Gasteiger partial charge in [-0.25, -0.2) is 0 Å². The minimum atomic E-state index is -0.249. The molecule has 3 N–H and O–H groups in total. The smallest absolute Gasteiger partial charge is 0.255 e. The summed E-state index contributed by atoms with van der Waals surface area (Å²) in [5, 5.41) is 11.6. The van der Waals surface area contributed by atoms with Crippen LogP contribution in [-0.2, 0) is 0 Å². The molecule has 21 heavy (non-hydrogen) atoms. The third kappa shape index (κ3) is 3.70.